The van der Waals surface area contributed by atoms with Gasteiger partial charge in [-0.15, -0.1) is 0 Å². The van der Waals surface area contributed by atoms with Gasteiger partial charge < -0.3 is 14.8 Å². The molecule has 0 spiro atoms. The molecule has 2 saturated heterocycles. The van der Waals surface area contributed by atoms with E-state index >= 15 is 0 Å². The molecule has 1 aromatic rings. The van der Waals surface area contributed by atoms with E-state index in [4.69, 9.17) is 0 Å². The number of carbonyl (C=O) groups is 3. The average molecular weight is 317 g/mol. The zero-order chi connectivity index (χ0) is 16.9. The second-order valence-corrected chi connectivity index (χ2v) is 6.76. The van der Waals surface area contributed by atoms with Crippen LogP contribution < -0.4 is 0 Å². The van der Waals surface area contributed by atoms with Crippen LogP contribution in [0, 0.1) is 13.8 Å². The molecule has 1 aromatic heterocycles. The predicted octanol–water partition coefficient (Wildman–Crippen LogP) is 1.67. The van der Waals surface area contributed by atoms with E-state index in [1.165, 1.54) is 6.92 Å². The van der Waals surface area contributed by atoms with Crippen molar-refractivity contribution >= 4 is 17.6 Å². The van der Waals surface area contributed by atoms with Crippen LogP contribution in [0.5, 0.6) is 0 Å². The summed E-state index contributed by atoms with van der Waals surface area (Å²) in [5.41, 5.74) is 2.52. The van der Waals surface area contributed by atoms with Crippen molar-refractivity contribution in [3.63, 3.8) is 0 Å². The number of likely N-dealkylation sites (tertiary alicyclic amines) is 1. The zero-order valence-corrected chi connectivity index (χ0v) is 14.1. The molecule has 124 valence electrons. The first-order valence-electron chi connectivity index (χ1n) is 8.08. The molecule has 2 atom stereocenters. The van der Waals surface area contributed by atoms with Crippen LogP contribution in [-0.2, 0) is 4.79 Å². The van der Waals surface area contributed by atoms with Gasteiger partial charge >= 0.3 is 0 Å². The molecule has 2 amide bonds. The summed E-state index contributed by atoms with van der Waals surface area (Å²) in [6.07, 6.45) is 2.19. The Balaban J connectivity index is 1.98. The molecule has 2 fully saturated rings. The molecule has 0 unspecified atom stereocenters. The number of aromatic nitrogens is 1. The molecule has 3 rings (SSSR count). The number of rotatable bonds is 2. The summed E-state index contributed by atoms with van der Waals surface area (Å²) in [4.78, 5) is 43.6. The highest BCUT2D eigenvalue weighted by Gasteiger charge is 2.43. The number of Topliss-reactive ketones (excluding diaryl/α,β-unsaturated/α-hetero) is 1. The first kappa shape index (κ1) is 15.8. The van der Waals surface area contributed by atoms with Gasteiger partial charge in [0.2, 0.25) is 5.91 Å². The van der Waals surface area contributed by atoms with Crippen LogP contribution in [0.3, 0.4) is 0 Å². The molecule has 0 saturated carbocycles. The van der Waals surface area contributed by atoms with Crippen LogP contribution in [0.15, 0.2) is 0 Å². The summed E-state index contributed by atoms with van der Waals surface area (Å²) in [6, 6.07) is 0.0397. The minimum Gasteiger partial charge on any atom is -0.355 e. The van der Waals surface area contributed by atoms with Gasteiger partial charge in [0.1, 0.15) is 0 Å². The molecular weight excluding hydrogens is 294 g/mol. The summed E-state index contributed by atoms with van der Waals surface area (Å²) in [7, 11) is 1.80. The Morgan fingerprint density at radius 3 is 2.43 bits per heavy atom. The van der Waals surface area contributed by atoms with E-state index in [1.54, 1.807) is 11.9 Å². The maximum absolute atomic E-state index is 13.2. The normalized spacial score (nSPS) is 24.1. The van der Waals surface area contributed by atoms with Gasteiger partial charge in [-0.25, -0.2) is 0 Å². The smallest absolute Gasteiger partial charge is 0.256 e. The summed E-state index contributed by atoms with van der Waals surface area (Å²) in [5, 5.41) is 0. The SMILES string of the molecule is CC(=O)c1[nH]c(C)c(C(=O)N2[C@@H]3CC[C@H]2CN(C)C(=O)C3)c1C. The van der Waals surface area contributed by atoms with Crippen molar-refractivity contribution in [2.24, 2.45) is 0 Å². The lowest BCUT2D eigenvalue weighted by Crippen LogP contribution is -2.43. The number of aromatic amines is 1. The fourth-order valence-corrected chi connectivity index (χ4v) is 4.00. The highest BCUT2D eigenvalue weighted by atomic mass is 16.2. The number of carbonyl (C=O) groups excluding carboxylic acids is 3. The van der Waals surface area contributed by atoms with E-state index in [0.29, 0.717) is 29.8 Å². The molecule has 3 heterocycles. The van der Waals surface area contributed by atoms with E-state index in [2.05, 4.69) is 4.98 Å². The molecule has 23 heavy (non-hydrogen) atoms. The van der Waals surface area contributed by atoms with Gasteiger partial charge in [0.05, 0.1) is 11.3 Å². The minimum absolute atomic E-state index is 0.0283. The standard InChI is InChI=1S/C17H23N3O3/c1-9-15(10(2)18-16(9)11(3)21)17(23)20-12-5-6-13(20)8-19(4)14(22)7-12/h12-13,18H,5-8H2,1-4H3/t12-,13+/m1/s1. The van der Waals surface area contributed by atoms with Crippen LogP contribution in [0.25, 0.3) is 0 Å². The second-order valence-electron chi connectivity index (χ2n) is 6.76. The van der Waals surface area contributed by atoms with Crippen LogP contribution in [0.2, 0.25) is 0 Å². The number of ketones is 1. The number of likely N-dealkylation sites (N-methyl/N-ethyl adjacent to an activating group) is 1. The highest BCUT2D eigenvalue weighted by molar-refractivity contribution is 6.03. The zero-order valence-electron chi connectivity index (χ0n) is 14.1. The number of nitrogens with zero attached hydrogens (tertiary/aromatic N) is 2. The van der Waals surface area contributed by atoms with Gasteiger partial charge in [-0.3, -0.25) is 14.4 Å². The topological polar surface area (TPSA) is 73.5 Å². The summed E-state index contributed by atoms with van der Waals surface area (Å²) in [5.74, 6) is -0.0281. The number of nitrogens with one attached hydrogen (secondary N) is 1. The Morgan fingerprint density at radius 2 is 1.83 bits per heavy atom. The first-order valence-corrected chi connectivity index (χ1v) is 8.08. The quantitative estimate of drug-likeness (QED) is 0.843. The van der Waals surface area contributed by atoms with Gasteiger partial charge in [0.25, 0.3) is 5.91 Å². The predicted molar refractivity (Wildman–Crippen MR) is 85.5 cm³/mol. The molecule has 0 aliphatic carbocycles. The van der Waals surface area contributed by atoms with Crippen LogP contribution in [0.1, 0.15) is 58.3 Å². The summed E-state index contributed by atoms with van der Waals surface area (Å²) >= 11 is 0. The molecule has 6 nitrogen and oxygen atoms in total. The van der Waals surface area contributed by atoms with E-state index < -0.39 is 0 Å². The molecule has 0 aromatic carbocycles. The number of aryl methyl sites for hydroxylation is 1. The average Bonchev–Trinajstić information content (AvgIpc) is 2.95. The number of hydrogen-bond donors (Lipinski definition) is 1. The summed E-state index contributed by atoms with van der Waals surface area (Å²) < 4.78 is 0. The lowest BCUT2D eigenvalue weighted by molar-refractivity contribution is -0.130. The molecule has 2 aliphatic rings. The number of fused-ring (bicyclic) bond motifs is 2. The van der Waals surface area contributed by atoms with Crippen LogP contribution in [-0.4, -0.2) is 58.1 Å². The Bertz CT molecular complexity index is 692. The third-order valence-corrected chi connectivity index (χ3v) is 5.18. The van der Waals surface area contributed by atoms with Crippen molar-refractivity contribution in [1.82, 2.24) is 14.8 Å². The van der Waals surface area contributed by atoms with Crippen molar-refractivity contribution in [3.05, 3.63) is 22.5 Å². The molecule has 0 radical (unpaired) electrons. The van der Waals surface area contributed by atoms with Crippen molar-refractivity contribution in [2.75, 3.05) is 13.6 Å². The van der Waals surface area contributed by atoms with Gasteiger partial charge in [-0.1, -0.05) is 0 Å². The maximum atomic E-state index is 13.2. The van der Waals surface area contributed by atoms with E-state index in [-0.39, 0.29) is 29.7 Å². The van der Waals surface area contributed by atoms with E-state index in [1.807, 2.05) is 18.7 Å². The monoisotopic (exact) mass is 317 g/mol. The van der Waals surface area contributed by atoms with Crippen molar-refractivity contribution in [1.29, 1.82) is 0 Å². The Hall–Kier alpha value is -2.11. The third-order valence-electron chi connectivity index (χ3n) is 5.18. The van der Waals surface area contributed by atoms with Crippen LogP contribution in [0.4, 0.5) is 0 Å². The van der Waals surface area contributed by atoms with Crippen molar-refractivity contribution < 1.29 is 14.4 Å². The fraction of sp³-hybridized carbons (Fsp3) is 0.588. The van der Waals surface area contributed by atoms with E-state index in [0.717, 1.165) is 18.5 Å². The minimum atomic E-state index is -0.0709. The van der Waals surface area contributed by atoms with Crippen molar-refractivity contribution in [2.45, 2.75) is 52.1 Å². The first-order chi connectivity index (χ1) is 10.8. The summed E-state index contributed by atoms with van der Waals surface area (Å²) in [6.45, 7) is 5.72. The second kappa shape index (κ2) is 5.51. The number of H-pyrrole nitrogens is 1. The Kier molecular flexibility index (Phi) is 3.78. The number of hydrogen-bond acceptors (Lipinski definition) is 3. The Labute approximate surface area is 135 Å². The fourth-order valence-electron chi connectivity index (χ4n) is 4.00. The number of amides is 2. The molecule has 2 bridgehead atoms. The van der Waals surface area contributed by atoms with Gasteiger partial charge in [-0.05, 0) is 32.3 Å². The van der Waals surface area contributed by atoms with Crippen molar-refractivity contribution in [3.8, 4) is 0 Å². The van der Waals surface area contributed by atoms with Gasteiger partial charge in [0.15, 0.2) is 5.78 Å². The van der Waals surface area contributed by atoms with E-state index in [9.17, 15) is 14.4 Å². The highest BCUT2D eigenvalue weighted by Crippen LogP contribution is 2.33. The van der Waals surface area contributed by atoms with Gasteiger partial charge in [0, 0.05) is 44.7 Å². The van der Waals surface area contributed by atoms with Gasteiger partial charge in [-0.2, -0.15) is 0 Å². The maximum Gasteiger partial charge on any atom is 0.256 e. The molecular formula is C17H23N3O3. The molecule has 1 N–H and O–H groups in total. The largest absolute Gasteiger partial charge is 0.355 e. The Morgan fingerprint density at radius 1 is 1.17 bits per heavy atom. The lowest BCUT2D eigenvalue weighted by Gasteiger charge is -2.28. The molecule has 2 aliphatic heterocycles. The lowest BCUT2D eigenvalue weighted by atomic mass is 10.1. The molecule has 6 heteroatoms. The third kappa shape index (κ3) is 2.46. The van der Waals surface area contributed by atoms with Crippen LogP contribution >= 0.6 is 0 Å².